The summed E-state index contributed by atoms with van der Waals surface area (Å²) in [6, 6.07) is 3.46. The average molecular weight is 376 g/mol. The molecule has 2 aliphatic rings. The summed E-state index contributed by atoms with van der Waals surface area (Å²) in [6.07, 6.45) is 3.10. The molecule has 0 spiro atoms. The number of benzene rings is 1. The van der Waals surface area contributed by atoms with E-state index in [-0.39, 0.29) is 25.1 Å². The Labute approximate surface area is 137 Å². The molecule has 0 bridgehead atoms. The normalized spacial score (nSPS) is 16.0. The first-order chi connectivity index (χ1) is 9.74. The molecule has 0 aromatic heterocycles. The summed E-state index contributed by atoms with van der Waals surface area (Å²) in [6.45, 7) is 2.63. The van der Waals surface area contributed by atoms with E-state index < -0.39 is 0 Å². The van der Waals surface area contributed by atoms with Gasteiger partial charge in [0, 0.05) is 18.7 Å². The van der Waals surface area contributed by atoms with Crippen LogP contribution in [0.1, 0.15) is 16.8 Å². The lowest BCUT2D eigenvalue weighted by molar-refractivity contribution is 0.0956. The van der Waals surface area contributed by atoms with E-state index >= 15 is 0 Å². The first-order valence-corrected chi connectivity index (χ1v) is 7.29. The second-order valence-corrected chi connectivity index (χ2v) is 5.55. The molecule has 1 aromatic carbocycles. The van der Waals surface area contributed by atoms with Crippen LogP contribution in [0.3, 0.4) is 0 Å². The monoisotopic (exact) mass is 374 g/mol. The number of ether oxygens (including phenoxy) is 2. The summed E-state index contributed by atoms with van der Waals surface area (Å²) < 4.78 is 11.3. The van der Waals surface area contributed by atoms with Crippen LogP contribution in [0, 0.1) is 0 Å². The number of carbonyl (C=O) groups is 1. The van der Waals surface area contributed by atoms with Crippen molar-refractivity contribution < 1.29 is 14.3 Å². The SMILES string of the molecule is Cl.O=C(NCC1=CCNCC1)c1cc(Br)c2c(c1)OCO2. The quantitative estimate of drug-likeness (QED) is 0.796. The molecule has 0 aliphatic carbocycles. The maximum absolute atomic E-state index is 12.2. The molecule has 0 saturated heterocycles. The van der Waals surface area contributed by atoms with Crippen molar-refractivity contribution in [2.45, 2.75) is 6.42 Å². The van der Waals surface area contributed by atoms with Crippen LogP contribution in [0.25, 0.3) is 0 Å². The van der Waals surface area contributed by atoms with Gasteiger partial charge in [0.15, 0.2) is 11.5 Å². The molecule has 0 unspecified atom stereocenters. The molecule has 21 heavy (non-hydrogen) atoms. The van der Waals surface area contributed by atoms with E-state index in [9.17, 15) is 4.79 Å². The Hall–Kier alpha value is -1.24. The van der Waals surface area contributed by atoms with Crippen molar-refractivity contribution in [3.05, 3.63) is 33.8 Å². The van der Waals surface area contributed by atoms with E-state index in [4.69, 9.17) is 9.47 Å². The lowest BCUT2D eigenvalue weighted by atomic mass is 10.1. The minimum absolute atomic E-state index is 0. The molecule has 3 rings (SSSR count). The van der Waals surface area contributed by atoms with Gasteiger partial charge in [-0.2, -0.15) is 0 Å². The summed E-state index contributed by atoms with van der Waals surface area (Å²) >= 11 is 3.39. The Morgan fingerprint density at radius 1 is 1.38 bits per heavy atom. The van der Waals surface area contributed by atoms with Crippen molar-refractivity contribution >= 4 is 34.2 Å². The number of carbonyl (C=O) groups excluding carboxylic acids is 1. The molecule has 5 nitrogen and oxygen atoms in total. The van der Waals surface area contributed by atoms with Gasteiger partial charge in [0.1, 0.15) is 0 Å². The fourth-order valence-electron chi connectivity index (χ4n) is 2.22. The zero-order chi connectivity index (χ0) is 13.9. The van der Waals surface area contributed by atoms with Crippen molar-refractivity contribution in [1.29, 1.82) is 0 Å². The second kappa shape index (κ2) is 7.15. The molecule has 2 aliphatic heterocycles. The molecule has 0 radical (unpaired) electrons. The molecule has 1 aromatic rings. The van der Waals surface area contributed by atoms with Gasteiger partial charge in [-0.3, -0.25) is 4.79 Å². The van der Waals surface area contributed by atoms with Crippen molar-refractivity contribution in [2.75, 3.05) is 26.4 Å². The Bertz CT molecular complexity index is 578. The Balaban J connectivity index is 0.00000161. The standard InChI is InChI=1S/C14H15BrN2O3.ClH/c15-11-5-10(6-12-13(11)20-8-19-12)14(18)17-7-9-1-3-16-4-2-9;/h1,5-6,16H,2-4,7-8H2,(H,17,18);1H. The minimum Gasteiger partial charge on any atom is -0.454 e. The van der Waals surface area contributed by atoms with E-state index in [0.29, 0.717) is 23.6 Å². The van der Waals surface area contributed by atoms with Crippen molar-refractivity contribution in [3.63, 3.8) is 0 Å². The third kappa shape index (κ3) is 3.70. The van der Waals surface area contributed by atoms with E-state index in [1.54, 1.807) is 12.1 Å². The van der Waals surface area contributed by atoms with Crippen molar-refractivity contribution in [3.8, 4) is 11.5 Å². The van der Waals surface area contributed by atoms with Crippen LogP contribution in [0.2, 0.25) is 0 Å². The van der Waals surface area contributed by atoms with Crippen LogP contribution >= 0.6 is 28.3 Å². The number of halogens is 2. The Morgan fingerprint density at radius 3 is 3.00 bits per heavy atom. The predicted molar refractivity (Wildman–Crippen MR) is 85.4 cm³/mol. The number of amides is 1. The molecule has 0 fully saturated rings. The lowest BCUT2D eigenvalue weighted by Gasteiger charge is -2.14. The molecule has 0 atom stereocenters. The first kappa shape index (κ1) is 16.1. The van der Waals surface area contributed by atoms with Crippen LogP contribution in [0.5, 0.6) is 11.5 Å². The van der Waals surface area contributed by atoms with Gasteiger partial charge in [-0.1, -0.05) is 11.6 Å². The first-order valence-electron chi connectivity index (χ1n) is 6.50. The third-order valence-corrected chi connectivity index (χ3v) is 3.91. The fourth-order valence-corrected chi connectivity index (χ4v) is 2.78. The van der Waals surface area contributed by atoms with Gasteiger partial charge in [-0.05, 0) is 41.0 Å². The van der Waals surface area contributed by atoms with E-state index in [1.807, 2.05) is 0 Å². The van der Waals surface area contributed by atoms with Crippen LogP contribution in [-0.4, -0.2) is 32.3 Å². The van der Waals surface area contributed by atoms with Crippen LogP contribution < -0.4 is 20.1 Å². The third-order valence-electron chi connectivity index (χ3n) is 3.32. The number of fused-ring (bicyclic) bond motifs is 1. The Morgan fingerprint density at radius 2 is 2.24 bits per heavy atom. The average Bonchev–Trinajstić information content (AvgIpc) is 2.95. The zero-order valence-electron chi connectivity index (χ0n) is 11.3. The highest BCUT2D eigenvalue weighted by Gasteiger charge is 2.20. The van der Waals surface area contributed by atoms with Gasteiger partial charge in [0.25, 0.3) is 5.91 Å². The van der Waals surface area contributed by atoms with Gasteiger partial charge in [0.2, 0.25) is 6.79 Å². The highest BCUT2D eigenvalue weighted by Crippen LogP contribution is 2.39. The molecular weight excluding hydrogens is 360 g/mol. The summed E-state index contributed by atoms with van der Waals surface area (Å²) in [5, 5.41) is 6.18. The van der Waals surface area contributed by atoms with E-state index in [2.05, 4.69) is 32.6 Å². The minimum atomic E-state index is -0.108. The molecular formula is C14H16BrClN2O3. The van der Waals surface area contributed by atoms with Crippen LogP contribution in [0.4, 0.5) is 0 Å². The van der Waals surface area contributed by atoms with Crippen LogP contribution in [0.15, 0.2) is 28.3 Å². The number of hydrogen-bond donors (Lipinski definition) is 2. The predicted octanol–water partition coefficient (Wildman–Crippen LogP) is 2.25. The molecule has 0 saturated carbocycles. The molecule has 2 heterocycles. The van der Waals surface area contributed by atoms with Crippen LogP contribution in [-0.2, 0) is 0 Å². The number of hydrogen-bond acceptors (Lipinski definition) is 4. The smallest absolute Gasteiger partial charge is 0.251 e. The van der Waals surface area contributed by atoms with E-state index in [0.717, 1.165) is 24.0 Å². The van der Waals surface area contributed by atoms with Crippen molar-refractivity contribution in [1.82, 2.24) is 10.6 Å². The second-order valence-electron chi connectivity index (χ2n) is 4.69. The zero-order valence-corrected chi connectivity index (χ0v) is 13.7. The molecule has 2 N–H and O–H groups in total. The topological polar surface area (TPSA) is 59.6 Å². The summed E-state index contributed by atoms with van der Waals surface area (Å²) in [5.74, 6) is 1.15. The van der Waals surface area contributed by atoms with Crippen molar-refractivity contribution in [2.24, 2.45) is 0 Å². The molecule has 1 amide bonds. The van der Waals surface area contributed by atoms with Gasteiger partial charge in [-0.15, -0.1) is 12.4 Å². The maximum Gasteiger partial charge on any atom is 0.251 e. The maximum atomic E-state index is 12.2. The largest absolute Gasteiger partial charge is 0.454 e. The van der Waals surface area contributed by atoms with E-state index in [1.165, 1.54) is 5.57 Å². The Kier molecular flexibility index (Phi) is 5.50. The molecule has 114 valence electrons. The molecule has 7 heteroatoms. The van der Waals surface area contributed by atoms with Gasteiger partial charge >= 0.3 is 0 Å². The number of rotatable bonds is 3. The summed E-state index contributed by atoms with van der Waals surface area (Å²) in [7, 11) is 0. The summed E-state index contributed by atoms with van der Waals surface area (Å²) in [4.78, 5) is 12.2. The fraction of sp³-hybridized carbons (Fsp3) is 0.357. The van der Waals surface area contributed by atoms with Gasteiger partial charge < -0.3 is 20.1 Å². The van der Waals surface area contributed by atoms with Gasteiger partial charge in [-0.25, -0.2) is 0 Å². The van der Waals surface area contributed by atoms with Gasteiger partial charge in [0.05, 0.1) is 4.47 Å². The highest BCUT2D eigenvalue weighted by molar-refractivity contribution is 9.10. The summed E-state index contributed by atoms with van der Waals surface area (Å²) in [5.41, 5.74) is 1.83. The number of nitrogens with one attached hydrogen (secondary N) is 2. The lowest BCUT2D eigenvalue weighted by Crippen LogP contribution is -2.29. The highest BCUT2D eigenvalue weighted by atomic mass is 79.9.